The lowest BCUT2D eigenvalue weighted by molar-refractivity contribution is -0.140. The summed E-state index contributed by atoms with van der Waals surface area (Å²) < 4.78 is 0. The quantitative estimate of drug-likeness (QED) is 0.828. The molecule has 2 fully saturated rings. The van der Waals surface area contributed by atoms with E-state index < -0.39 is 0 Å². The molecule has 3 nitrogen and oxygen atoms in total. The zero-order chi connectivity index (χ0) is 11.4. The van der Waals surface area contributed by atoms with E-state index >= 15 is 0 Å². The highest BCUT2D eigenvalue weighted by molar-refractivity contribution is 5.85. The second-order valence-electron chi connectivity index (χ2n) is 5.25. The van der Waals surface area contributed by atoms with Crippen molar-refractivity contribution in [3.05, 3.63) is 0 Å². The van der Waals surface area contributed by atoms with Gasteiger partial charge in [-0.1, -0.05) is 19.3 Å². The number of carbonyl (C=O) groups excluding carboxylic acids is 1. The summed E-state index contributed by atoms with van der Waals surface area (Å²) in [7, 11) is 0. The van der Waals surface area contributed by atoms with Gasteiger partial charge in [0.15, 0.2) is 0 Å². The fourth-order valence-corrected chi connectivity index (χ4v) is 3.12. The topological polar surface area (TPSA) is 46.3 Å². The maximum absolute atomic E-state index is 12.4. The Hall–Kier alpha value is -0.280. The predicted octanol–water partition coefficient (Wildman–Crippen LogP) is 2.33. The van der Waals surface area contributed by atoms with E-state index in [0.717, 1.165) is 32.2 Å². The van der Waals surface area contributed by atoms with Crippen molar-refractivity contribution in [1.82, 2.24) is 4.90 Å². The third-order valence-corrected chi connectivity index (χ3v) is 4.14. The van der Waals surface area contributed by atoms with E-state index in [2.05, 4.69) is 4.90 Å². The van der Waals surface area contributed by atoms with Gasteiger partial charge in [0.25, 0.3) is 0 Å². The van der Waals surface area contributed by atoms with Gasteiger partial charge in [-0.2, -0.15) is 0 Å². The van der Waals surface area contributed by atoms with E-state index in [1.165, 1.54) is 25.7 Å². The second kappa shape index (κ2) is 7.22. The molecule has 2 aliphatic rings. The first kappa shape index (κ1) is 14.8. The molecule has 1 saturated heterocycles. The summed E-state index contributed by atoms with van der Waals surface area (Å²) in [4.78, 5) is 14.5. The van der Waals surface area contributed by atoms with Crippen LogP contribution in [0.5, 0.6) is 0 Å². The van der Waals surface area contributed by atoms with Crippen molar-refractivity contribution in [3.8, 4) is 0 Å². The number of likely N-dealkylation sites (tertiary alicyclic amines) is 1. The van der Waals surface area contributed by atoms with E-state index in [-0.39, 0.29) is 12.4 Å². The first-order valence-corrected chi connectivity index (χ1v) is 6.83. The number of nitrogens with zero attached hydrogens (tertiary/aromatic N) is 1. The Labute approximate surface area is 111 Å². The molecule has 1 amide bonds. The molecule has 0 aromatic carbocycles. The van der Waals surface area contributed by atoms with Crippen molar-refractivity contribution in [2.45, 2.75) is 57.4 Å². The van der Waals surface area contributed by atoms with Crippen molar-refractivity contribution >= 4 is 18.3 Å². The zero-order valence-corrected chi connectivity index (χ0v) is 11.4. The molecular formula is C13H25ClN2O. The van der Waals surface area contributed by atoms with Gasteiger partial charge in [-0.3, -0.25) is 4.79 Å². The minimum Gasteiger partial charge on any atom is -0.338 e. The van der Waals surface area contributed by atoms with Gasteiger partial charge in [-0.05, 0) is 32.1 Å². The van der Waals surface area contributed by atoms with Crippen LogP contribution in [0.1, 0.15) is 51.4 Å². The fraction of sp³-hybridized carbons (Fsp3) is 0.923. The summed E-state index contributed by atoms with van der Waals surface area (Å²) in [5.74, 6) is 0.704. The first-order chi connectivity index (χ1) is 7.83. The van der Waals surface area contributed by atoms with Crippen LogP contribution in [0.15, 0.2) is 0 Å². The number of amides is 1. The summed E-state index contributed by atoms with van der Waals surface area (Å²) in [5, 5.41) is 0. The summed E-state index contributed by atoms with van der Waals surface area (Å²) in [5.41, 5.74) is 5.77. The predicted molar refractivity (Wildman–Crippen MR) is 72.2 cm³/mol. The van der Waals surface area contributed by atoms with Gasteiger partial charge in [-0.25, -0.2) is 0 Å². The van der Waals surface area contributed by atoms with Crippen molar-refractivity contribution < 1.29 is 4.79 Å². The molecule has 0 aromatic rings. The van der Waals surface area contributed by atoms with Crippen molar-refractivity contribution in [3.63, 3.8) is 0 Å². The third kappa shape index (κ3) is 3.59. The zero-order valence-electron chi connectivity index (χ0n) is 10.6. The highest BCUT2D eigenvalue weighted by atomic mass is 35.5. The van der Waals surface area contributed by atoms with Crippen molar-refractivity contribution in [2.24, 2.45) is 11.7 Å². The largest absolute Gasteiger partial charge is 0.338 e. The molecule has 4 heteroatoms. The molecule has 17 heavy (non-hydrogen) atoms. The molecule has 1 unspecified atom stereocenters. The molecule has 0 bridgehead atoms. The van der Waals surface area contributed by atoms with E-state index in [1.54, 1.807) is 0 Å². The minimum absolute atomic E-state index is 0. The Morgan fingerprint density at radius 1 is 1.06 bits per heavy atom. The van der Waals surface area contributed by atoms with E-state index in [1.807, 2.05) is 0 Å². The average Bonchev–Trinajstić information content (AvgIpc) is 2.39. The average molecular weight is 261 g/mol. The number of rotatable bonds is 2. The van der Waals surface area contributed by atoms with Gasteiger partial charge < -0.3 is 10.6 Å². The molecule has 1 atom stereocenters. The number of nitrogens with two attached hydrogens (primary N) is 1. The number of hydrogen-bond acceptors (Lipinski definition) is 2. The molecule has 1 saturated carbocycles. The van der Waals surface area contributed by atoms with E-state index in [9.17, 15) is 4.79 Å². The molecule has 1 aliphatic carbocycles. The maximum Gasteiger partial charge on any atom is 0.225 e. The van der Waals surface area contributed by atoms with Crippen LogP contribution in [0.2, 0.25) is 0 Å². The Morgan fingerprint density at radius 3 is 2.35 bits per heavy atom. The molecule has 0 spiro atoms. The Kier molecular flexibility index (Phi) is 6.28. The monoisotopic (exact) mass is 260 g/mol. The lowest BCUT2D eigenvalue weighted by atomic mass is 9.87. The Balaban J connectivity index is 0.00000144. The van der Waals surface area contributed by atoms with Crippen molar-refractivity contribution in [2.75, 3.05) is 13.1 Å². The number of halogens is 1. The Bertz CT molecular complexity index is 242. The molecule has 2 N–H and O–H groups in total. The van der Waals surface area contributed by atoms with Gasteiger partial charge in [0.05, 0.1) is 0 Å². The lowest BCUT2D eigenvalue weighted by Crippen LogP contribution is -2.49. The van der Waals surface area contributed by atoms with Crippen LogP contribution in [-0.4, -0.2) is 29.9 Å². The summed E-state index contributed by atoms with van der Waals surface area (Å²) >= 11 is 0. The second-order valence-corrected chi connectivity index (χ2v) is 5.25. The summed E-state index contributed by atoms with van der Waals surface area (Å²) in [6, 6.07) is 0.322. The minimum atomic E-state index is 0. The number of piperidine rings is 1. The standard InChI is InChI=1S/C13H24N2O.ClH/c14-10-12-8-4-5-9-15(12)13(16)11-6-2-1-3-7-11;/h11-12H,1-10,14H2;1H. The SMILES string of the molecule is Cl.NCC1CCCCN1C(=O)C1CCCCC1. The highest BCUT2D eigenvalue weighted by Crippen LogP contribution is 2.28. The van der Waals surface area contributed by atoms with Crippen LogP contribution in [0.3, 0.4) is 0 Å². The lowest BCUT2D eigenvalue weighted by Gasteiger charge is -2.38. The fourth-order valence-electron chi connectivity index (χ4n) is 3.12. The first-order valence-electron chi connectivity index (χ1n) is 6.83. The van der Waals surface area contributed by atoms with Crippen LogP contribution < -0.4 is 5.73 Å². The van der Waals surface area contributed by atoms with E-state index in [0.29, 0.717) is 24.4 Å². The van der Waals surface area contributed by atoms with Crippen LogP contribution in [0.25, 0.3) is 0 Å². The van der Waals surface area contributed by atoms with Crippen LogP contribution in [0.4, 0.5) is 0 Å². The molecule has 1 aliphatic heterocycles. The van der Waals surface area contributed by atoms with Gasteiger partial charge in [0.1, 0.15) is 0 Å². The van der Waals surface area contributed by atoms with Gasteiger partial charge in [-0.15, -0.1) is 12.4 Å². The maximum atomic E-state index is 12.4. The van der Waals surface area contributed by atoms with E-state index in [4.69, 9.17) is 5.73 Å². The van der Waals surface area contributed by atoms with Gasteiger partial charge >= 0.3 is 0 Å². The smallest absolute Gasteiger partial charge is 0.225 e. The summed E-state index contributed by atoms with van der Waals surface area (Å²) in [6.45, 7) is 1.58. The van der Waals surface area contributed by atoms with Crippen LogP contribution >= 0.6 is 12.4 Å². The number of hydrogen-bond donors (Lipinski definition) is 1. The Morgan fingerprint density at radius 2 is 1.71 bits per heavy atom. The normalized spacial score (nSPS) is 26.4. The number of carbonyl (C=O) groups is 1. The molecule has 1 heterocycles. The molecule has 0 aromatic heterocycles. The van der Waals surface area contributed by atoms with Crippen LogP contribution in [-0.2, 0) is 4.79 Å². The van der Waals surface area contributed by atoms with Gasteiger partial charge in [0, 0.05) is 25.0 Å². The van der Waals surface area contributed by atoms with Gasteiger partial charge in [0.2, 0.25) is 5.91 Å². The highest BCUT2D eigenvalue weighted by Gasteiger charge is 2.31. The van der Waals surface area contributed by atoms with Crippen molar-refractivity contribution in [1.29, 1.82) is 0 Å². The molecule has 100 valence electrons. The third-order valence-electron chi connectivity index (χ3n) is 4.14. The molecule has 0 radical (unpaired) electrons. The molecule has 2 rings (SSSR count). The van der Waals surface area contributed by atoms with Crippen LogP contribution in [0, 0.1) is 5.92 Å². The molecular weight excluding hydrogens is 236 g/mol. The summed E-state index contributed by atoms with van der Waals surface area (Å²) in [6.07, 6.45) is 9.48.